The molecule has 0 aliphatic heterocycles. The van der Waals surface area contributed by atoms with E-state index in [2.05, 4.69) is 10.6 Å². The highest BCUT2D eigenvalue weighted by Crippen LogP contribution is 2.16. The van der Waals surface area contributed by atoms with Gasteiger partial charge >= 0.3 is 0 Å². The first-order valence-electron chi connectivity index (χ1n) is 9.77. The van der Waals surface area contributed by atoms with Crippen molar-refractivity contribution < 1.29 is 19.0 Å². The van der Waals surface area contributed by atoms with Crippen LogP contribution in [0.3, 0.4) is 0 Å². The van der Waals surface area contributed by atoms with Crippen molar-refractivity contribution in [2.75, 3.05) is 32.2 Å². The van der Waals surface area contributed by atoms with Crippen LogP contribution in [0.2, 0.25) is 0 Å². The van der Waals surface area contributed by atoms with E-state index in [1.807, 2.05) is 78.9 Å². The summed E-state index contributed by atoms with van der Waals surface area (Å²) >= 11 is 0. The molecule has 3 rings (SSSR count). The summed E-state index contributed by atoms with van der Waals surface area (Å²) in [6.07, 6.45) is 0. The summed E-state index contributed by atoms with van der Waals surface area (Å²) in [6, 6.07) is 24.7. The molecular formula is C24H26N2O4. The van der Waals surface area contributed by atoms with Crippen molar-refractivity contribution >= 4 is 11.6 Å². The first-order chi connectivity index (χ1) is 14.7. The van der Waals surface area contributed by atoms with Gasteiger partial charge in [-0.2, -0.15) is 0 Å². The zero-order valence-corrected chi connectivity index (χ0v) is 17.0. The Hall–Kier alpha value is -3.67. The highest BCUT2D eigenvalue weighted by Gasteiger charge is 2.03. The molecule has 1 amide bonds. The lowest BCUT2D eigenvalue weighted by Gasteiger charge is -2.10. The van der Waals surface area contributed by atoms with E-state index < -0.39 is 0 Å². The Labute approximate surface area is 176 Å². The van der Waals surface area contributed by atoms with Gasteiger partial charge in [0.05, 0.1) is 13.7 Å². The second kappa shape index (κ2) is 11.4. The minimum absolute atomic E-state index is 0.0794. The van der Waals surface area contributed by atoms with E-state index in [0.717, 1.165) is 28.5 Å². The number of amides is 1. The largest absolute Gasteiger partial charge is 0.497 e. The van der Waals surface area contributed by atoms with E-state index >= 15 is 0 Å². The first kappa shape index (κ1) is 21.0. The van der Waals surface area contributed by atoms with Crippen LogP contribution in [0.1, 0.15) is 5.56 Å². The summed E-state index contributed by atoms with van der Waals surface area (Å²) in [5.41, 5.74) is 1.87. The predicted molar refractivity (Wildman–Crippen MR) is 117 cm³/mol. The Morgan fingerprint density at radius 2 is 1.37 bits per heavy atom. The Morgan fingerprint density at radius 1 is 0.767 bits per heavy atom. The van der Waals surface area contributed by atoms with Crippen LogP contribution < -0.4 is 24.8 Å². The van der Waals surface area contributed by atoms with Gasteiger partial charge in [-0.15, -0.1) is 0 Å². The van der Waals surface area contributed by atoms with Crippen LogP contribution in [-0.4, -0.2) is 32.8 Å². The highest BCUT2D eigenvalue weighted by molar-refractivity contribution is 5.80. The SMILES string of the molecule is COc1ccc(CNC(=O)CNc2ccc(OCCOc3ccccc3)cc2)cc1. The molecule has 0 aromatic heterocycles. The number of hydrogen-bond donors (Lipinski definition) is 2. The molecule has 0 unspecified atom stereocenters. The number of para-hydroxylation sites is 1. The van der Waals surface area contributed by atoms with Gasteiger partial charge in [0, 0.05) is 12.2 Å². The van der Waals surface area contributed by atoms with Crippen LogP contribution in [0.25, 0.3) is 0 Å². The van der Waals surface area contributed by atoms with Gasteiger partial charge in [-0.25, -0.2) is 0 Å². The zero-order chi connectivity index (χ0) is 21.0. The van der Waals surface area contributed by atoms with Crippen molar-refractivity contribution in [2.45, 2.75) is 6.54 Å². The summed E-state index contributed by atoms with van der Waals surface area (Å²) < 4.78 is 16.4. The molecule has 0 atom stereocenters. The van der Waals surface area contributed by atoms with Gasteiger partial charge in [0.25, 0.3) is 0 Å². The minimum atomic E-state index is -0.0794. The third-order valence-corrected chi connectivity index (χ3v) is 4.32. The predicted octanol–water partition coefficient (Wildman–Crippen LogP) is 3.88. The summed E-state index contributed by atoms with van der Waals surface area (Å²) in [4.78, 5) is 12.0. The van der Waals surface area contributed by atoms with Gasteiger partial charge in [-0.3, -0.25) is 4.79 Å². The quantitative estimate of drug-likeness (QED) is 0.473. The molecule has 0 saturated carbocycles. The lowest BCUT2D eigenvalue weighted by atomic mass is 10.2. The molecule has 3 aromatic rings. The Kier molecular flexibility index (Phi) is 7.97. The maximum atomic E-state index is 12.0. The van der Waals surface area contributed by atoms with Crippen molar-refractivity contribution in [3.8, 4) is 17.2 Å². The second-order valence-electron chi connectivity index (χ2n) is 6.51. The first-order valence-corrected chi connectivity index (χ1v) is 9.77. The number of carbonyl (C=O) groups is 1. The molecule has 0 saturated heterocycles. The third-order valence-electron chi connectivity index (χ3n) is 4.32. The van der Waals surface area contributed by atoms with E-state index in [0.29, 0.717) is 19.8 Å². The van der Waals surface area contributed by atoms with E-state index in [9.17, 15) is 4.79 Å². The standard InChI is InChI=1S/C24H26N2O4/c1-28-21-11-7-19(8-12-21)17-26-24(27)18-25-20-9-13-23(14-10-20)30-16-15-29-22-5-3-2-4-6-22/h2-14,25H,15-18H2,1H3,(H,26,27). The van der Waals surface area contributed by atoms with Crippen molar-refractivity contribution in [1.82, 2.24) is 5.32 Å². The number of methoxy groups -OCH3 is 1. The molecule has 0 fully saturated rings. The molecule has 0 bridgehead atoms. The van der Waals surface area contributed by atoms with E-state index in [1.165, 1.54) is 0 Å². The molecule has 0 spiro atoms. The topological polar surface area (TPSA) is 68.8 Å². The molecule has 0 radical (unpaired) electrons. The molecule has 0 aliphatic rings. The van der Waals surface area contributed by atoms with E-state index in [1.54, 1.807) is 7.11 Å². The maximum Gasteiger partial charge on any atom is 0.239 e. The number of benzene rings is 3. The highest BCUT2D eigenvalue weighted by atomic mass is 16.5. The number of ether oxygens (including phenoxy) is 3. The van der Waals surface area contributed by atoms with Gasteiger partial charge in [0.15, 0.2) is 0 Å². The molecule has 6 heteroatoms. The lowest BCUT2D eigenvalue weighted by molar-refractivity contribution is -0.119. The number of rotatable bonds is 11. The van der Waals surface area contributed by atoms with Gasteiger partial charge in [0.1, 0.15) is 30.5 Å². The zero-order valence-electron chi connectivity index (χ0n) is 17.0. The van der Waals surface area contributed by atoms with Crippen LogP contribution in [0.5, 0.6) is 17.2 Å². The van der Waals surface area contributed by atoms with Crippen LogP contribution in [0.4, 0.5) is 5.69 Å². The number of anilines is 1. The fourth-order valence-electron chi connectivity index (χ4n) is 2.69. The maximum absolute atomic E-state index is 12.0. The molecule has 156 valence electrons. The van der Waals surface area contributed by atoms with Crippen molar-refractivity contribution in [1.29, 1.82) is 0 Å². The number of carbonyl (C=O) groups excluding carboxylic acids is 1. The Bertz CT molecular complexity index is 897. The molecular weight excluding hydrogens is 380 g/mol. The van der Waals surface area contributed by atoms with Gasteiger partial charge in [-0.05, 0) is 54.1 Å². The number of hydrogen-bond acceptors (Lipinski definition) is 5. The molecule has 0 heterocycles. The fraction of sp³-hybridized carbons (Fsp3) is 0.208. The lowest BCUT2D eigenvalue weighted by Crippen LogP contribution is -2.29. The van der Waals surface area contributed by atoms with Crippen molar-refractivity contribution in [3.05, 3.63) is 84.4 Å². The smallest absolute Gasteiger partial charge is 0.239 e. The third kappa shape index (κ3) is 7.05. The summed E-state index contributed by atoms with van der Waals surface area (Å²) in [7, 11) is 1.63. The van der Waals surface area contributed by atoms with Crippen LogP contribution in [0, 0.1) is 0 Å². The van der Waals surface area contributed by atoms with E-state index in [4.69, 9.17) is 14.2 Å². The van der Waals surface area contributed by atoms with Crippen LogP contribution in [-0.2, 0) is 11.3 Å². The Morgan fingerprint density at radius 3 is 2.00 bits per heavy atom. The number of nitrogens with one attached hydrogen (secondary N) is 2. The molecule has 30 heavy (non-hydrogen) atoms. The molecule has 2 N–H and O–H groups in total. The van der Waals surface area contributed by atoms with Crippen LogP contribution >= 0.6 is 0 Å². The molecule has 3 aromatic carbocycles. The summed E-state index contributed by atoms with van der Waals surface area (Å²) in [5, 5.41) is 5.99. The van der Waals surface area contributed by atoms with Gasteiger partial charge < -0.3 is 24.8 Å². The average molecular weight is 406 g/mol. The minimum Gasteiger partial charge on any atom is -0.497 e. The fourth-order valence-corrected chi connectivity index (χ4v) is 2.69. The molecule has 6 nitrogen and oxygen atoms in total. The Balaban J connectivity index is 1.33. The summed E-state index contributed by atoms with van der Waals surface area (Å²) in [6.45, 7) is 1.59. The average Bonchev–Trinajstić information content (AvgIpc) is 2.81. The summed E-state index contributed by atoms with van der Waals surface area (Å²) in [5.74, 6) is 2.29. The van der Waals surface area contributed by atoms with Crippen molar-refractivity contribution in [3.63, 3.8) is 0 Å². The monoisotopic (exact) mass is 406 g/mol. The van der Waals surface area contributed by atoms with Gasteiger partial charge in [0.2, 0.25) is 5.91 Å². The van der Waals surface area contributed by atoms with Gasteiger partial charge in [-0.1, -0.05) is 30.3 Å². The van der Waals surface area contributed by atoms with E-state index in [-0.39, 0.29) is 12.5 Å². The normalized spacial score (nSPS) is 10.2. The molecule has 0 aliphatic carbocycles. The van der Waals surface area contributed by atoms with Crippen molar-refractivity contribution in [2.24, 2.45) is 0 Å². The second-order valence-corrected chi connectivity index (χ2v) is 6.51. The van der Waals surface area contributed by atoms with Crippen LogP contribution in [0.15, 0.2) is 78.9 Å².